The number of hydrogen-bond acceptors (Lipinski definition) is 6. The van der Waals surface area contributed by atoms with E-state index in [4.69, 9.17) is 20.2 Å². The number of methoxy groups -OCH3 is 2. The van der Waals surface area contributed by atoms with Crippen molar-refractivity contribution < 1.29 is 9.47 Å². The van der Waals surface area contributed by atoms with Crippen molar-refractivity contribution >= 4 is 22.7 Å². The molecule has 0 saturated heterocycles. The first kappa shape index (κ1) is 19.5. The van der Waals surface area contributed by atoms with Crippen molar-refractivity contribution in [3.63, 3.8) is 0 Å². The summed E-state index contributed by atoms with van der Waals surface area (Å²) in [5, 5.41) is 0.732. The van der Waals surface area contributed by atoms with Crippen LogP contribution in [0.5, 0.6) is 11.5 Å². The molecular weight excluding hydrogens is 376 g/mol. The van der Waals surface area contributed by atoms with Crippen molar-refractivity contribution in [1.29, 1.82) is 0 Å². The van der Waals surface area contributed by atoms with E-state index in [1.54, 1.807) is 14.2 Å². The minimum absolute atomic E-state index is 0.405. The zero-order valence-corrected chi connectivity index (χ0v) is 17.1. The highest BCUT2D eigenvalue weighted by molar-refractivity contribution is 5.91. The van der Waals surface area contributed by atoms with Crippen LogP contribution in [0.2, 0.25) is 0 Å². The van der Waals surface area contributed by atoms with Gasteiger partial charge in [-0.15, -0.1) is 0 Å². The van der Waals surface area contributed by atoms with Gasteiger partial charge in [0.1, 0.15) is 5.82 Å². The number of anilines is 2. The van der Waals surface area contributed by atoms with Gasteiger partial charge < -0.3 is 20.1 Å². The molecule has 2 N–H and O–H groups in total. The van der Waals surface area contributed by atoms with Crippen molar-refractivity contribution in [2.24, 2.45) is 0 Å². The molecule has 152 valence electrons. The molecule has 1 aromatic heterocycles. The summed E-state index contributed by atoms with van der Waals surface area (Å²) in [4.78, 5) is 11.6. The predicted octanol–water partition coefficient (Wildman–Crippen LogP) is 4.44. The molecule has 0 radical (unpaired) electrons. The highest BCUT2D eigenvalue weighted by Gasteiger charge is 2.16. The standard InChI is InChI=1S/C24H24N4O2/c1-29-21-13-19-20(14-22(21)30-2)26-24(27-23(19)25)28(15-17-9-5-3-6-10-17)16-18-11-7-4-8-12-18/h3-14H,15-16H2,1-2H3,(H2,25,26,27). The summed E-state index contributed by atoms with van der Waals surface area (Å²) in [7, 11) is 3.20. The van der Waals surface area contributed by atoms with Crippen LogP contribution < -0.4 is 20.1 Å². The quantitative estimate of drug-likeness (QED) is 0.495. The van der Waals surface area contributed by atoms with E-state index in [0.29, 0.717) is 41.9 Å². The van der Waals surface area contributed by atoms with E-state index in [9.17, 15) is 0 Å². The van der Waals surface area contributed by atoms with Crippen molar-refractivity contribution in [2.45, 2.75) is 13.1 Å². The van der Waals surface area contributed by atoms with Gasteiger partial charge in [0.05, 0.1) is 19.7 Å². The summed E-state index contributed by atoms with van der Waals surface area (Å²) < 4.78 is 10.8. The summed E-state index contributed by atoms with van der Waals surface area (Å²) in [6.45, 7) is 1.32. The van der Waals surface area contributed by atoms with Crippen molar-refractivity contribution in [3.8, 4) is 11.5 Å². The highest BCUT2D eigenvalue weighted by atomic mass is 16.5. The first-order chi connectivity index (χ1) is 14.7. The smallest absolute Gasteiger partial charge is 0.228 e. The van der Waals surface area contributed by atoms with Crippen molar-refractivity contribution in [2.75, 3.05) is 24.9 Å². The third kappa shape index (κ3) is 4.12. The Morgan fingerprint density at radius 1 is 0.767 bits per heavy atom. The molecule has 3 aromatic carbocycles. The van der Waals surface area contributed by atoms with Gasteiger partial charge in [0, 0.05) is 24.5 Å². The molecule has 0 saturated carbocycles. The lowest BCUT2D eigenvalue weighted by Gasteiger charge is -2.24. The lowest BCUT2D eigenvalue weighted by molar-refractivity contribution is 0.356. The Morgan fingerprint density at radius 3 is 1.83 bits per heavy atom. The van der Waals surface area contributed by atoms with Gasteiger partial charge in [0.2, 0.25) is 5.95 Å². The summed E-state index contributed by atoms with van der Waals surface area (Å²) in [5.41, 5.74) is 9.37. The van der Waals surface area contributed by atoms with Gasteiger partial charge in [-0.3, -0.25) is 0 Å². The van der Waals surface area contributed by atoms with Crippen LogP contribution in [0.1, 0.15) is 11.1 Å². The maximum atomic E-state index is 6.32. The largest absolute Gasteiger partial charge is 0.493 e. The fourth-order valence-electron chi connectivity index (χ4n) is 3.41. The second-order valence-electron chi connectivity index (χ2n) is 6.96. The van der Waals surface area contributed by atoms with Crippen LogP contribution in [0.25, 0.3) is 10.9 Å². The molecule has 6 nitrogen and oxygen atoms in total. The van der Waals surface area contributed by atoms with E-state index in [1.807, 2.05) is 48.5 Å². The molecule has 6 heteroatoms. The van der Waals surface area contributed by atoms with E-state index in [2.05, 4.69) is 34.1 Å². The number of nitrogen functional groups attached to an aromatic ring is 1. The number of aromatic nitrogens is 2. The fourth-order valence-corrected chi connectivity index (χ4v) is 3.41. The van der Waals surface area contributed by atoms with Crippen LogP contribution in [0.15, 0.2) is 72.8 Å². The van der Waals surface area contributed by atoms with Crippen LogP contribution in [0.3, 0.4) is 0 Å². The molecule has 4 aromatic rings. The van der Waals surface area contributed by atoms with E-state index >= 15 is 0 Å². The second-order valence-corrected chi connectivity index (χ2v) is 6.96. The fraction of sp³-hybridized carbons (Fsp3) is 0.167. The van der Waals surface area contributed by atoms with Crippen LogP contribution in [-0.4, -0.2) is 24.2 Å². The molecule has 30 heavy (non-hydrogen) atoms. The van der Waals surface area contributed by atoms with Crippen LogP contribution in [0.4, 0.5) is 11.8 Å². The predicted molar refractivity (Wildman–Crippen MR) is 120 cm³/mol. The van der Waals surface area contributed by atoms with Crippen molar-refractivity contribution in [1.82, 2.24) is 9.97 Å². The minimum atomic E-state index is 0.405. The number of hydrogen-bond donors (Lipinski definition) is 1. The van der Waals surface area contributed by atoms with Crippen LogP contribution in [-0.2, 0) is 13.1 Å². The second kappa shape index (κ2) is 8.69. The number of nitrogens with two attached hydrogens (primary N) is 1. The Balaban J connectivity index is 1.78. The first-order valence-corrected chi connectivity index (χ1v) is 9.70. The van der Waals surface area contributed by atoms with Gasteiger partial charge in [-0.25, -0.2) is 4.98 Å². The number of rotatable bonds is 7. The van der Waals surface area contributed by atoms with Crippen LogP contribution >= 0.6 is 0 Å². The Kier molecular flexibility index (Phi) is 5.66. The van der Waals surface area contributed by atoms with E-state index in [0.717, 1.165) is 5.39 Å². The number of benzene rings is 3. The van der Waals surface area contributed by atoms with E-state index in [-0.39, 0.29) is 0 Å². The summed E-state index contributed by atoms with van der Waals surface area (Å²) >= 11 is 0. The molecule has 0 aliphatic rings. The zero-order valence-electron chi connectivity index (χ0n) is 17.1. The molecule has 0 unspecified atom stereocenters. The third-order valence-corrected chi connectivity index (χ3v) is 4.93. The monoisotopic (exact) mass is 400 g/mol. The Morgan fingerprint density at radius 2 is 1.30 bits per heavy atom. The Labute approximate surface area is 175 Å². The molecule has 0 aliphatic carbocycles. The number of ether oxygens (including phenoxy) is 2. The number of nitrogens with zero attached hydrogens (tertiary/aromatic N) is 3. The molecule has 1 heterocycles. The SMILES string of the molecule is COc1cc2nc(N(Cc3ccccc3)Cc3ccccc3)nc(N)c2cc1OC. The van der Waals surface area contributed by atoms with Gasteiger partial charge in [0.25, 0.3) is 0 Å². The minimum Gasteiger partial charge on any atom is -0.493 e. The molecule has 0 bridgehead atoms. The van der Waals surface area contributed by atoms with E-state index in [1.165, 1.54) is 11.1 Å². The average Bonchev–Trinajstić information content (AvgIpc) is 2.79. The molecule has 0 fully saturated rings. The Hall–Kier alpha value is -3.80. The molecule has 0 spiro atoms. The van der Waals surface area contributed by atoms with Gasteiger partial charge >= 0.3 is 0 Å². The summed E-state index contributed by atoms with van der Waals surface area (Å²) in [6.07, 6.45) is 0. The molecule has 0 aliphatic heterocycles. The topological polar surface area (TPSA) is 73.5 Å². The Bertz CT molecular complexity index is 1090. The van der Waals surface area contributed by atoms with E-state index < -0.39 is 0 Å². The molecule has 4 rings (SSSR count). The molecular formula is C24H24N4O2. The van der Waals surface area contributed by atoms with Gasteiger partial charge in [-0.2, -0.15) is 4.98 Å². The lowest BCUT2D eigenvalue weighted by atomic mass is 10.1. The normalized spacial score (nSPS) is 10.7. The van der Waals surface area contributed by atoms with Gasteiger partial charge in [0.15, 0.2) is 11.5 Å². The summed E-state index contributed by atoms with van der Waals surface area (Å²) in [5.74, 6) is 2.17. The van der Waals surface area contributed by atoms with Crippen LogP contribution in [0, 0.1) is 0 Å². The lowest BCUT2D eigenvalue weighted by Crippen LogP contribution is -2.24. The summed E-state index contributed by atoms with van der Waals surface area (Å²) in [6, 6.07) is 24.2. The maximum absolute atomic E-state index is 6.32. The van der Waals surface area contributed by atoms with Crippen molar-refractivity contribution in [3.05, 3.63) is 83.9 Å². The highest BCUT2D eigenvalue weighted by Crippen LogP contribution is 2.34. The van der Waals surface area contributed by atoms with Gasteiger partial charge in [-0.05, 0) is 17.2 Å². The zero-order chi connectivity index (χ0) is 20.9. The maximum Gasteiger partial charge on any atom is 0.228 e. The molecule has 0 atom stereocenters. The number of fused-ring (bicyclic) bond motifs is 1. The van der Waals surface area contributed by atoms with Gasteiger partial charge in [-0.1, -0.05) is 60.7 Å². The first-order valence-electron chi connectivity index (χ1n) is 9.70. The third-order valence-electron chi connectivity index (χ3n) is 4.93. The molecule has 0 amide bonds. The average molecular weight is 400 g/mol.